The number of aryl methyl sites for hydroxylation is 2. The average molecular weight is 241 g/mol. The van der Waals surface area contributed by atoms with Gasteiger partial charge >= 0.3 is 5.69 Å². The molecule has 2 N–H and O–H groups in total. The zero-order chi connectivity index (χ0) is 12.3. The lowest BCUT2D eigenvalue weighted by atomic mass is 9.88. The van der Waals surface area contributed by atoms with Crippen LogP contribution in [0.3, 0.4) is 0 Å². The molecule has 0 aliphatic carbocycles. The van der Waals surface area contributed by atoms with E-state index in [-0.39, 0.29) is 11.1 Å². The van der Waals surface area contributed by atoms with Gasteiger partial charge in [0.2, 0.25) is 0 Å². The highest BCUT2D eigenvalue weighted by Crippen LogP contribution is 2.22. The quantitative estimate of drug-likeness (QED) is 0.790. The highest BCUT2D eigenvalue weighted by atomic mass is 32.1. The molecule has 90 valence electrons. The Morgan fingerprint density at radius 2 is 2.12 bits per heavy atom. The van der Waals surface area contributed by atoms with E-state index >= 15 is 0 Å². The second-order valence-electron chi connectivity index (χ2n) is 4.74. The summed E-state index contributed by atoms with van der Waals surface area (Å²) in [5, 5.41) is 0. The standard InChI is InChI=1S/C11H19N3OS/c1-11(2,9(12)16)5-4-6-14-8-7-13(3)10(14)15/h7-8H,4-6H2,1-3H3,(H2,12,16). The number of aromatic nitrogens is 2. The van der Waals surface area contributed by atoms with Crippen LogP contribution in [0.4, 0.5) is 0 Å². The predicted molar refractivity (Wildman–Crippen MR) is 69.5 cm³/mol. The van der Waals surface area contributed by atoms with Gasteiger partial charge < -0.3 is 10.3 Å². The number of rotatable bonds is 5. The molecular formula is C11H19N3OS. The van der Waals surface area contributed by atoms with Gasteiger partial charge in [-0.3, -0.25) is 4.57 Å². The Morgan fingerprint density at radius 3 is 2.56 bits per heavy atom. The summed E-state index contributed by atoms with van der Waals surface area (Å²) in [7, 11) is 1.75. The number of hydrogen-bond donors (Lipinski definition) is 1. The van der Waals surface area contributed by atoms with Crippen molar-refractivity contribution in [2.45, 2.75) is 33.2 Å². The first-order valence-corrected chi connectivity index (χ1v) is 5.77. The molecule has 4 nitrogen and oxygen atoms in total. The molecule has 1 rings (SSSR count). The summed E-state index contributed by atoms with van der Waals surface area (Å²) < 4.78 is 3.27. The Morgan fingerprint density at radius 1 is 1.50 bits per heavy atom. The molecule has 0 spiro atoms. The van der Waals surface area contributed by atoms with Crippen molar-refractivity contribution in [3.8, 4) is 0 Å². The minimum absolute atomic E-state index is 0.0214. The van der Waals surface area contributed by atoms with E-state index in [4.69, 9.17) is 18.0 Å². The normalized spacial score (nSPS) is 11.7. The Balaban J connectivity index is 2.51. The maximum Gasteiger partial charge on any atom is 0.327 e. The summed E-state index contributed by atoms with van der Waals surface area (Å²) in [5.41, 5.74) is 5.53. The zero-order valence-corrected chi connectivity index (χ0v) is 10.9. The number of imidazole rings is 1. The van der Waals surface area contributed by atoms with Crippen molar-refractivity contribution in [1.82, 2.24) is 9.13 Å². The van der Waals surface area contributed by atoms with Crippen LogP contribution in [0.25, 0.3) is 0 Å². The summed E-state index contributed by atoms with van der Waals surface area (Å²) in [5.74, 6) is 0. The minimum Gasteiger partial charge on any atom is -0.393 e. The first-order valence-electron chi connectivity index (χ1n) is 5.36. The molecule has 0 atom stereocenters. The zero-order valence-electron chi connectivity index (χ0n) is 10.1. The Kier molecular flexibility index (Phi) is 3.91. The van der Waals surface area contributed by atoms with Crippen molar-refractivity contribution in [2.75, 3.05) is 0 Å². The first-order chi connectivity index (χ1) is 7.34. The predicted octanol–water partition coefficient (Wildman–Crippen LogP) is 1.28. The average Bonchev–Trinajstić information content (AvgIpc) is 2.49. The fourth-order valence-electron chi connectivity index (χ4n) is 1.50. The summed E-state index contributed by atoms with van der Waals surface area (Å²) in [6, 6.07) is 0. The van der Waals surface area contributed by atoms with Gasteiger partial charge in [0, 0.05) is 31.4 Å². The van der Waals surface area contributed by atoms with Crippen LogP contribution >= 0.6 is 12.2 Å². The SMILES string of the molecule is Cn1ccn(CCCC(C)(C)C(N)=S)c1=O. The van der Waals surface area contributed by atoms with Gasteiger partial charge in [-0.1, -0.05) is 26.1 Å². The minimum atomic E-state index is -0.131. The van der Waals surface area contributed by atoms with E-state index in [1.165, 1.54) is 0 Å². The number of hydrogen-bond acceptors (Lipinski definition) is 2. The van der Waals surface area contributed by atoms with E-state index in [0.29, 0.717) is 11.5 Å². The van der Waals surface area contributed by atoms with Gasteiger partial charge in [-0.2, -0.15) is 0 Å². The Hall–Kier alpha value is -1.10. The molecule has 1 aromatic rings. The van der Waals surface area contributed by atoms with Crippen LogP contribution in [0, 0.1) is 5.41 Å². The lowest BCUT2D eigenvalue weighted by molar-refractivity contribution is 0.433. The summed E-state index contributed by atoms with van der Waals surface area (Å²) in [6.07, 6.45) is 5.36. The van der Waals surface area contributed by atoms with Gasteiger partial charge in [0.05, 0.1) is 4.99 Å². The Bertz CT molecular complexity index is 431. The molecule has 1 aromatic heterocycles. The first kappa shape index (κ1) is 13.0. The second kappa shape index (κ2) is 4.82. The number of nitrogens with zero attached hydrogens (tertiary/aromatic N) is 2. The van der Waals surface area contributed by atoms with E-state index in [1.54, 1.807) is 28.6 Å². The van der Waals surface area contributed by atoms with E-state index in [1.807, 2.05) is 13.8 Å². The number of thiocarbonyl (C=S) groups is 1. The molecule has 0 unspecified atom stereocenters. The molecule has 0 aliphatic rings. The molecule has 1 heterocycles. The van der Waals surface area contributed by atoms with Crippen molar-refractivity contribution in [1.29, 1.82) is 0 Å². The van der Waals surface area contributed by atoms with Crippen LogP contribution in [-0.4, -0.2) is 14.1 Å². The smallest absolute Gasteiger partial charge is 0.327 e. The third-order valence-electron chi connectivity index (χ3n) is 2.89. The van der Waals surface area contributed by atoms with Gasteiger partial charge in [0.1, 0.15) is 0 Å². The van der Waals surface area contributed by atoms with E-state index in [2.05, 4.69) is 0 Å². The molecule has 0 aliphatic heterocycles. The van der Waals surface area contributed by atoms with Gasteiger partial charge in [-0.15, -0.1) is 0 Å². The highest BCUT2D eigenvalue weighted by Gasteiger charge is 2.20. The van der Waals surface area contributed by atoms with Crippen LogP contribution in [0.1, 0.15) is 26.7 Å². The third-order valence-corrected chi connectivity index (χ3v) is 3.44. The molecule has 0 amide bonds. The lowest BCUT2D eigenvalue weighted by Crippen LogP contribution is -2.30. The molecule has 5 heteroatoms. The van der Waals surface area contributed by atoms with Crippen LogP contribution in [0.2, 0.25) is 0 Å². The molecule has 0 aromatic carbocycles. The molecule has 0 bridgehead atoms. The van der Waals surface area contributed by atoms with E-state index < -0.39 is 0 Å². The Labute approximate surface area is 101 Å². The largest absolute Gasteiger partial charge is 0.393 e. The number of nitrogens with two attached hydrogens (primary N) is 1. The monoisotopic (exact) mass is 241 g/mol. The third kappa shape index (κ3) is 2.95. The summed E-state index contributed by atoms with van der Waals surface area (Å²) in [4.78, 5) is 12.1. The van der Waals surface area contributed by atoms with Gasteiger partial charge in [-0.05, 0) is 12.8 Å². The molecule has 0 saturated heterocycles. The summed E-state index contributed by atoms with van der Waals surface area (Å²) >= 11 is 5.00. The van der Waals surface area contributed by atoms with Crippen LogP contribution in [0.15, 0.2) is 17.2 Å². The second-order valence-corrected chi connectivity index (χ2v) is 5.18. The maximum absolute atomic E-state index is 11.5. The summed E-state index contributed by atoms with van der Waals surface area (Å²) in [6.45, 7) is 4.78. The van der Waals surface area contributed by atoms with Crippen molar-refractivity contribution >= 4 is 17.2 Å². The fourth-order valence-corrected chi connectivity index (χ4v) is 1.60. The van der Waals surface area contributed by atoms with E-state index in [0.717, 1.165) is 12.8 Å². The topological polar surface area (TPSA) is 52.9 Å². The van der Waals surface area contributed by atoms with Crippen molar-refractivity contribution in [2.24, 2.45) is 18.2 Å². The van der Waals surface area contributed by atoms with E-state index in [9.17, 15) is 4.79 Å². The van der Waals surface area contributed by atoms with Gasteiger partial charge in [-0.25, -0.2) is 4.79 Å². The van der Waals surface area contributed by atoms with Crippen molar-refractivity contribution < 1.29 is 0 Å². The van der Waals surface area contributed by atoms with Crippen LogP contribution in [0.5, 0.6) is 0 Å². The molecular weight excluding hydrogens is 222 g/mol. The van der Waals surface area contributed by atoms with Crippen LogP contribution in [-0.2, 0) is 13.6 Å². The fraction of sp³-hybridized carbons (Fsp3) is 0.636. The molecule has 0 radical (unpaired) electrons. The van der Waals surface area contributed by atoms with Crippen LogP contribution < -0.4 is 11.4 Å². The highest BCUT2D eigenvalue weighted by molar-refractivity contribution is 7.80. The lowest BCUT2D eigenvalue weighted by Gasteiger charge is -2.22. The molecule has 0 fully saturated rings. The van der Waals surface area contributed by atoms with Gasteiger partial charge in [0.15, 0.2) is 0 Å². The molecule has 0 saturated carbocycles. The van der Waals surface area contributed by atoms with Crippen molar-refractivity contribution in [3.63, 3.8) is 0 Å². The van der Waals surface area contributed by atoms with Crippen molar-refractivity contribution in [3.05, 3.63) is 22.9 Å². The van der Waals surface area contributed by atoms with Gasteiger partial charge in [0.25, 0.3) is 0 Å². The maximum atomic E-state index is 11.5. The molecule has 16 heavy (non-hydrogen) atoms.